The smallest absolute Gasteiger partial charge is 0.221 e. The number of amides is 1. The Bertz CT molecular complexity index is 557. The first kappa shape index (κ1) is 18.9. The third-order valence-electron chi connectivity index (χ3n) is 5.18. The van der Waals surface area contributed by atoms with Crippen LogP contribution in [-0.4, -0.2) is 46.4 Å². The van der Waals surface area contributed by atoms with Gasteiger partial charge in [0.15, 0.2) is 0 Å². The van der Waals surface area contributed by atoms with E-state index in [1.807, 2.05) is 52.9 Å². The molecule has 1 aliphatic heterocycles. The number of rotatable bonds is 6. The van der Waals surface area contributed by atoms with Crippen LogP contribution < -0.4 is 10.6 Å². The van der Waals surface area contributed by atoms with E-state index in [0.717, 1.165) is 12.8 Å². The number of nitrogens with zero attached hydrogens (tertiary/aromatic N) is 1. The predicted octanol–water partition coefficient (Wildman–Crippen LogP) is 2.34. The number of carbonyl (C=O) groups excluding carboxylic acids is 1. The van der Waals surface area contributed by atoms with Gasteiger partial charge in [0.25, 0.3) is 0 Å². The minimum atomic E-state index is -0.478. The summed E-state index contributed by atoms with van der Waals surface area (Å²) < 4.78 is 0. The van der Waals surface area contributed by atoms with Gasteiger partial charge < -0.3 is 15.8 Å². The highest BCUT2D eigenvalue weighted by Gasteiger charge is 2.51. The molecule has 1 aromatic carbocycles. The Labute approximate surface area is 145 Å². The first-order valence-corrected chi connectivity index (χ1v) is 8.66. The van der Waals surface area contributed by atoms with Crippen molar-refractivity contribution < 1.29 is 10.0 Å². The van der Waals surface area contributed by atoms with E-state index in [2.05, 4.69) is 22.8 Å². The van der Waals surface area contributed by atoms with Gasteiger partial charge in [-0.15, -0.1) is 0 Å². The zero-order valence-electron chi connectivity index (χ0n) is 15.5. The van der Waals surface area contributed by atoms with E-state index in [0.29, 0.717) is 6.42 Å². The van der Waals surface area contributed by atoms with E-state index in [1.165, 1.54) is 10.6 Å². The summed E-state index contributed by atoms with van der Waals surface area (Å²) in [6.07, 6.45) is 1.96. The van der Waals surface area contributed by atoms with Gasteiger partial charge >= 0.3 is 0 Å². The lowest BCUT2D eigenvalue weighted by molar-refractivity contribution is -0.194. The Hall–Kier alpha value is -1.43. The fraction of sp³-hybridized carbons (Fsp3) is 0.632. The molecule has 5 nitrogen and oxygen atoms in total. The van der Waals surface area contributed by atoms with Gasteiger partial charge in [-0.3, -0.25) is 4.79 Å². The van der Waals surface area contributed by atoms with Crippen LogP contribution in [0.15, 0.2) is 30.3 Å². The summed E-state index contributed by atoms with van der Waals surface area (Å²) in [6, 6.07) is 10.2. The van der Waals surface area contributed by atoms with E-state index in [-0.39, 0.29) is 23.5 Å². The lowest BCUT2D eigenvalue weighted by Crippen LogP contribution is -2.53. The molecule has 1 aliphatic rings. The van der Waals surface area contributed by atoms with Crippen LogP contribution >= 0.6 is 0 Å². The number of hydrogen-bond donors (Lipinski definition) is 3. The third kappa shape index (κ3) is 4.15. The number of hydroxylamine groups is 2. The van der Waals surface area contributed by atoms with E-state index < -0.39 is 5.54 Å². The highest BCUT2D eigenvalue weighted by Crippen LogP contribution is 2.39. The summed E-state index contributed by atoms with van der Waals surface area (Å²) in [7, 11) is 1.89. The van der Waals surface area contributed by atoms with Crippen molar-refractivity contribution in [2.75, 3.05) is 7.05 Å². The molecule has 0 saturated carbocycles. The summed E-state index contributed by atoms with van der Waals surface area (Å²) in [5.74, 6) is 0.0226. The molecule has 134 valence electrons. The molecule has 3 N–H and O–H groups in total. The van der Waals surface area contributed by atoms with E-state index in [1.54, 1.807) is 0 Å². The summed E-state index contributed by atoms with van der Waals surface area (Å²) >= 11 is 0. The Morgan fingerprint density at radius 2 is 1.92 bits per heavy atom. The molecule has 0 bridgehead atoms. The SMILES string of the molecule is CNC(CC(=O)NC1CC(C)(C)N(O)C1(C)C)Cc1ccccc1. The molecule has 1 amide bonds. The van der Waals surface area contributed by atoms with Gasteiger partial charge in [-0.05, 0) is 53.1 Å². The first-order valence-electron chi connectivity index (χ1n) is 8.66. The van der Waals surface area contributed by atoms with Crippen LogP contribution in [0.4, 0.5) is 0 Å². The zero-order chi connectivity index (χ0) is 18.0. The van der Waals surface area contributed by atoms with Crippen LogP contribution in [0.1, 0.15) is 46.1 Å². The number of carbonyl (C=O) groups is 1. The van der Waals surface area contributed by atoms with Crippen molar-refractivity contribution in [2.24, 2.45) is 0 Å². The van der Waals surface area contributed by atoms with E-state index in [9.17, 15) is 10.0 Å². The maximum absolute atomic E-state index is 12.5. The standard InChI is InChI=1S/C19H31N3O2/c1-18(2)13-16(19(3,4)22(18)24)21-17(23)12-15(20-5)11-14-9-7-6-8-10-14/h6-10,15-16,20,24H,11-13H2,1-5H3,(H,21,23). The molecule has 1 heterocycles. The largest absolute Gasteiger partial charge is 0.351 e. The second-order valence-corrected chi connectivity index (χ2v) is 7.98. The van der Waals surface area contributed by atoms with Gasteiger partial charge in [-0.2, -0.15) is 5.06 Å². The highest BCUT2D eigenvalue weighted by atomic mass is 16.5. The van der Waals surface area contributed by atoms with Gasteiger partial charge in [0.1, 0.15) is 0 Å². The van der Waals surface area contributed by atoms with E-state index >= 15 is 0 Å². The Morgan fingerprint density at radius 1 is 1.29 bits per heavy atom. The molecule has 1 saturated heterocycles. The average molecular weight is 333 g/mol. The van der Waals surface area contributed by atoms with Crippen molar-refractivity contribution in [3.05, 3.63) is 35.9 Å². The van der Waals surface area contributed by atoms with Crippen molar-refractivity contribution in [1.29, 1.82) is 0 Å². The van der Waals surface area contributed by atoms with Crippen molar-refractivity contribution in [3.63, 3.8) is 0 Å². The molecule has 2 unspecified atom stereocenters. The topological polar surface area (TPSA) is 64.6 Å². The number of likely N-dealkylation sites (N-methyl/N-ethyl adjacent to an activating group) is 1. The first-order chi connectivity index (χ1) is 11.2. The molecular formula is C19H31N3O2. The maximum atomic E-state index is 12.5. The van der Waals surface area contributed by atoms with E-state index in [4.69, 9.17) is 0 Å². The summed E-state index contributed by atoms with van der Waals surface area (Å²) in [4.78, 5) is 12.5. The molecule has 0 radical (unpaired) electrons. The van der Waals surface area contributed by atoms with Gasteiger partial charge in [-0.1, -0.05) is 30.3 Å². The fourth-order valence-corrected chi connectivity index (χ4v) is 3.64. The maximum Gasteiger partial charge on any atom is 0.221 e. The Balaban J connectivity index is 1.94. The molecule has 2 rings (SSSR count). The monoisotopic (exact) mass is 333 g/mol. The fourth-order valence-electron chi connectivity index (χ4n) is 3.64. The molecule has 0 aliphatic carbocycles. The zero-order valence-corrected chi connectivity index (χ0v) is 15.5. The lowest BCUT2D eigenvalue weighted by atomic mass is 9.94. The summed E-state index contributed by atoms with van der Waals surface area (Å²) in [5.41, 5.74) is 0.398. The molecule has 1 fully saturated rings. The second-order valence-electron chi connectivity index (χ2n) is 7.98. The molecule has 1 aromatic rings. The van der Waals surface area contributed by atoms with Crippen molar-refractivity contribution in [2.45, 2.75) is 70.1 Å². The van der Waals surface area contributed by atoms with Crippen molar-refractivity contribution in [1.82, 2.24) is 15.7 Å². The van der Waals surface area contributed by atoms with Crippen LogP contribution in [0.5, 0.6) is 0 Å². The van der Waals surface area contributed by atoms with Gasteiger partial charge in [0, 0.05) is 18.0 Å². The third-order valence-corrected chi connectivity index (χ3v) is 5.18. The van der Waals surface area contributed by atoms with Crippen LogP contribution in [0.3, 0.4) is 0 Å². The van der Waals surface area contributed by atoms with Crippen LogP contribution in [0, 0.1) is 0 Å². The summed E-state index contributed by atoms with van der Waals surface area (Å²) in [5, 5.41) is 18.1. The minimum absolute atomic E-state index is 0.0226. The second kappa shape index (κ2) is 7.21. The average Bonchev–Trinajstić information content (AvgIpc) is 2.67. The normalized spacial score (nSPS) is 23.8. The number of hydrogen-bond acceptors (Lipinski definition) is 4. The molecule has 0 aromatic heterocycles. The molecule has 24 heavy (non-hydrogen) atoms. The summed E-state index contributed by atoms with van der Waals surface area (Å²) in [6.45, 7) is 7.91. The van der Waals surface area contributed by atoms with Crippen molar-refractivity contribution >= 4 is 5.91 Å². The predicted molar refractivity (Wildman–Crippen MR) is 95.9 cm³/mol. The molecule has 5 heteroatoms. The Kier molecular flexibility index (Phi) is 5.68. The molecular weight excluding hydrogens is 302 g/mol. The number of benzene rings is 1. The minimum Gasteiger partial charge on any atom is -0.351 e. The van der Waals surface area contributed by atoms with Crippen LogP contribution in [0.25, 0.3) is 0 Å². The lowest BCUT2D eigenvalue weighted by Gasteiger charge is -2.36. The Morgan fingerprint density at radius 3 is 2.42 bits per heavy atom. The quantitative estimate of drug-likeness (QED) is 0.748. The van der Waals surface area contributed by atoms with Gasteiger partial charge in [-0.25, -0.2) is 0 Å². The van der Waals surface area contributed by atoms with Crippen LogP contribution in [-0.2, 0) is 11.2 Å². The van der Waals surface area contributed by atoms with Crippen LogP contribution in [0.2, 0.25) is 0 Å². The molecule has 0 spiro atoms. The highest BCUT2D eigenvalue weighted by molar-refractivity contribution is 5.77. The van der Waals surface area contributed by atoms with Gasteiger partial charge in [0.05, 0.1) is 11.6 Å². The van der Waals surface area contributed by atoms with Gasteiger partial charge in [0.2, 0.25) is 5.91 Å². The van der Waals surface area contributed by atoms with Crippen molar-refractivity contribution in [3.8, 4) is 0 Å². The molecule has 2 atom stereocenters. The number of nitrogens with one attached hydrogen (secondary N) is 2.